The zero-order chi connectivity index (χ0) is 10.5. The topological polar surface area (TPSA) is 44.8 Å². The number of fused-ring (bicyclic) bond motifs is 1. The smallest absolute Gasteiger partial charge is 0.293 e. The Hall–Kier alpha value is -1.71. The highest BCUT2D eigenvalue weighted by Crippen LogP contribution is 2.31. The van der Waals surface area contributed by atoms with Gasteiger partial charge in [-0.2, -0.15) is 0 Å². The monoisotopic (exact) mass is 208 g/mol. The summed E-state index contributed by atoms with van der Waals surface area (Å²) >= 11 is 0. The van der Waals surface area contributed by atoms with Crippen LogP contribution in [0.4, 0.5) is 0 Å². The summed E-state index contributed by atoms with van der Waals surface area (Å²) in [6.45, 7) is 1.30. The fourth-order valence-corrected chi connectivity index (χ4v) is 1.45. The standard InChI is InChI=1S/C11H12O4/c12-8-13-6-5-9-7-14-10-3-1-2-4-11(10)15-9/h1-4,8-9H,5-7H2. The number of rotatable bonds is 4. The van der Waals surface area contributed by atoms with Crippen molar-refractivity contribution in [3.05, 3.63) is 24.3 Å². The molecule has 1 atom stereocenters. The molecule has 0 saturated heterocycles. The highest BCUT2D eigenvalue weighted by atomic mass is 16.6. The number of hydrogen-bond donors (Lipinski definition) is 0. The summed E-state index contributed by atoms with van der Waals surface area (Å²) in [5.41, 5.74) is 0. The van der Waals surface area contributed by atoms with Gasteiger partial charge in [-0.25, -0.2) is 0 Å². The number of carbonyl (C=O) groups excluding carboxylic acids is 1. The van der Waals surface area contributed by atoms with Crippen LogP contribution in [0.5, 0.6) is 11.5 Å². The Labute approximate surface area is 87.8 Å². The van der Waals surface area contributed by atoms with Crippen molar-refractivity contribution in [2.75, 3.05) is 13.2 Å². The molecule has 1 aliphatic rings. The molecule has 0 radical (unpaired) electrons. The second kappa shape index (κ2) is 4.68. The van der Waals surface area contributed by atoms with Crippen molar-refractivity contribution in [1.82, 2.24) is 0 Å². The third kappa shape index (κ3) is 2.40. The van der Waals surface area contributed by atoms with Gasteiger partial charge in [0.2, 0.25) is 0 Å². The summed E-state index contributed by atoms with van der Waals surface area (Å²) in [6.07, 6.45) is 0.604. The van der Waals surface area contributed by atoms with E-state index >= 15 is 0 Å². The van der Waals surface area contributed by atoms with Gasteiger partial charge in [0.1, 0.15) is 12.7 Å². The number of benzene rings is 1. The van der Waals surface area contributed by atoms with Crippen molar-refractivity contribution < 1.29 is 19.0 Å². The lowest BCUT2D eigenvalue weighted by Gasteiger charge is -2.26. The average molecular weight is 208 g/mol. The van der Waals surface area contributed by atoms with Crippen molar-refractivity contribution in [3.8, 4) is 11.5 Å². The molecule has 4 nitrogen and oxygen atoms in total. The molecular formula is C11H12O4. The summed E-state index contributed by atoms with van der Waals surface area (Å²) < 4.78 is 15.8. The largest absolute Gasteiger partial charge is 0.486 e. The number of hydrogen-bond acceptors (Lipinski definition) is 4. The summed E-state index contributed by atoms with van der Waals surface area (Å²) in [5, 5.41) is 0. The molecule has 0 saturated carbocycles. The minimum atomic E-state index is -0.0418. The normalized spacial score (nSPS) is 18.3. The van der Waals surface area contributed by atoms with Crippen molar-refractivity contribution in [1.29, 1.82) is 0 Å². The van der Waals surface area contributed by atoms with Crippen molar-refractivity contribution in [2.45, 2.75) is 12.5 Å². The molecule has 2 rings (SSSR count). The highest BCUT2D eigenvalue weighted by Gasteiger charge is 2.19. The van der Waals surface area contributed by atoms with Gasteiger partial charge in [-0.15, -0.1) is 0 Å². The summed E-state index contributed by atoms with van der Waals surface area (Å²) in [7, 11) is 0. The number of ether oxygens (including phenoxy) is 3. The van der Waals surface area contributed by atoms with Gasteiger partial charge in [0, 0.05) is 6.42 Å². The molecule has 15 heavy (non-hydrogen) atoms. The summed E-state index contributed by atoms with van der Waals surface area (Å²) in [5.74, 6) is 1.52. The molecule has 0 spiro atoms. The van der Waals surface area contributed by atoms with Crippen LogP contribution in [-0.4, -0.2) is 25.8 Å². The molecule has 0 amide bonds. The van der Waals surface area contributed by atoms with E-state index in [1.54, 1.807) is 0 Å². The van der Waals surface area contributed by atoms with Crippen LogP contribution >= 0.6 is 0 Å². The van der Waals surface area contributed by atoms with Crippen molar-refractivity contribution in [3.63, 3.8) is 0 Å². The summed E-state index contributed by atoms with van der Waals surface area (Å²) in [6, 6.07) is 7.53. The van der Waals surface area contributed by atoms with Gasteiger partial charge in [0.15, 0.2) is 11.5 Å². The van der Waals surface area contributed by atoms with E-state index in [2.05, 4.69) is 4.74 Å². The van der Waals surface area contributed by atoms with Gasteiger partial charge in [0.05, 0.1) is 6.61 Å². The van der Waals surface area contributed by atoms with Crippen LogP contribution in [0.25, 0.3) is 0 Å². The predicted octanol–water partition coefficient (Wildman–Crippen LogP) is 1.39. The molecule has 0 bridgehead atoms. The van der Waals surface area contributed by atoms with Crippen LogP contribution in [0.1, 0.15) is 6.42 Å². The minimum absolute atomic E-state index is 0.0418. The van der Waals surface area contributed by atoms with Crippen LogP contribution in [-0.2, 0) is 9.53 Å². The third-order valence-corrected chi connectivity index (χ3v) is 2.19. The maximum atomic E-state index is 9.95. The van der Waals surface area contributed by atoms with Gasteiger partial charge in [-0.1, -0.05) is 12.1 Å². The molecule has 1 aromatic carbocycles. The van der Waals surface area contributed by atoms with Gasteiger partial charge < -0.3 is 14.2 Å². The van der Waals surface area contributed by atoms with E-state index in [1.807, 2.05) is 24.3 Å². The Morgan fingerprint density at radius 3 is 3.00 bits per heavy atom. The summed E-state index contributed by atoms with van der Waals surface area (Å²) in [4.78, 5) is 9.95. The third-order valence-electron chi connectivity index (χ3n) is 2.19. The van der Waals surface area contributed by atoms with Gasteiger partial charge >= 0.3 is 0 Å². The average Bonchev–Trinajstić information content (AvgIpc) is 2.29. The van der Waals surface area contributed by atoms with E-state index in [-0.39, 0.29) is 6.10 Å². The van der Waals surface area contributed by atoms with E-state index in [9.17, 15) is 4.79 Å². The van der Waals surface area contributed by atoms with Gasteiger partial charge in [0.25, 0.3) is 6.47 Å². The van der Waals surface area contributed by atoms with Crippen LogP contribution in [0.15, 0.2) is 24.3 Å². The van der Waals surface area contributed by atoms with E-state index in [4.69, 9.17) is 9.47 Å². The highest BCUT2D eigenvalue weighted by molar-refractivity contribution is 5.40. The van der Waals surface area contributed by atoms with E-state index in [0.717, 1.165) is 11.5 Å². The second-order valence-corrected chi connectivity index (χ2v) is 3.25. The first-order valence-electron chi connectivity index (χ1n) is 4.84. The Morgan fingerprint density at radius 2 is 2.20 bits per heavy atom. The molecule has 80 valence electrons. The molecule has 0 N–H and O–H groups in total. The van der Waals surface area contributed by atoms with Crippen molar-refractivity contribution >= 4 is 6.47 Å². The van der Waals surface area contributed by atoms with E-state index < -0.39 is 0 Å². The zero-order valence-electron chi connectivity index (χ0n) is 8.22. The molecule has 1 aromatic rings. The fraction of sp³-hybridized carbons (Fsp3) is 0.364. The van der Waals surface area contributed by atoms with Crippen molar-refractivity contribution in [2.24, 2.45) is 0 Å². The lowest BCUT2D eigenvalue weighted by atomic mass is 10.2. The molecule has 1 aliphatic heterocycles. The van der Waals surface area contributed by atoms with Gasteiger partial charge in [-0.3, -0.25) is 4.79 Å². The molecular weight excluding hydrogens is 196 g/mol. The molecule has 0 aliphatic carbocycles. The lowest BCUT2D eigenvalue weighted by molar-refractivity contribution is -0.129. The maximum Gasteiger partial charge on any atom is 0.293 e. The van der Waals surface area contributed by atoms with E-state index in [1.165, 1.54) is 0 Å². The minimum Gasteiger partial charge on any atom is -0.486 e. The number of para-hydroxylation sites is 2. The SMILES string of the molecule is O=COCCC1COc2ccccc2O1. The Bertz CT molecular complexity index is 337. The predicted molar refractivity (Wildman–Crippen MR) is 53.0 cm³/mol. The molecule has 1 unspecified atom stereocenters. The number of carbonyl (C=O) groups is 1. The Morgan fingerprint density at radius 1 is 1.40 bits per heavy atom. The first kappa shape index (κ1) is 9.83. The zero-order valence-corrected chi connectivity index (χ0v) is 8.22. The van der Waals surface area contributed by atoms with Crippen LogP contribution < -0.4 is 9.47 Å². The van der Waals surface area contributed by atoms with Crippen LogP contribution in [0.2, 0.25) is 0 Å². The molecule has 1 heterocycles. The van der Waals surface area contributed by atoms with E-state index in [0.29, 0.717) is 26.1 Å². The molecule has 0 fully saturated rings. The van der Waals surface area contributed by atoms with Crippen LogP contribution in [0, 0.1) is 0 Å². The van der Waals surface area contributed by atoms with Crippen LogP contribution in [0.3, 0.4) is 0 Å². The maximum absolute atomic E-state index is 9.95. The Balaban J connectivity index is 1.91. The first-order chi connectivity index (χ1) is 7.40. The molecule has 4 heteroatoms. The second-order valence-electron chi connectivity index (χ2n) is 3.25. The fourth-order valence-electron chi connectivity index (χ4n) is 1.45. The molecule has 0 aromatic heterocycles. The lowest BCUT2D eigenvalue weighted by Crippen LogP contribution is -2.30. The quantitative estimate of drug-likeness (QED) is 0.554. The Kier molecular flexibility index (Phi) is 3.07. The van der Waals surface area contributed by atoms with Gasteiger partial charge in [-0.05, 0) is 12.1 Å². The first-order valence-corrected chi connectivity index (χ1v) is 4.84.